The van der Waals surface area contributed by atoms with Gasteiger partial charge in [0.25, 0.3) is 0 Å². The van der Waals surface area contributed by atoms with Gasteiger partial charge in [0.05, 0.1) is 0 Å². The molecular formula is C12H10BrClN2. The predicted octanol–water partition coefficient (Wildman–Crippen LogP) is 4.37. The van der Waals surface area contributed by atoms with Crippen LogP contribution in [0, 0.1) is 0 Å². The molecule has 16 heavy (non-hydrogen) atoms. The first kappa shape index (κ1) is 10.4. The fourth-order valence-electron chi connectivity index (χ4n) is 1.77. The molecule has 1 heterocycles. The molecule has 0 atom stereocenters. The average Bonchev–Trinajstić information content (AvgIpc) is 2.95. The molecule has 0 amide bonds. The van der Waals surface area contributed by atoms with Crippen LogP contribution in [0.25, 0.3) is 11.4 Å². The molecule has 1 aliphatic rings. The zero-order valence-corrected chi connectivity index (χ0v) is 10.8. The van der Waals surface area contributed by atoms with Crippen LogP contribution in [0.2, 0.25) is 5.02 Å². The monoisotopic (exact) mass is 296 g/mol. The zero-order chi connectivity index (χ0) is 11.1. The number of nitrogens with one attached hydrogen (secondary N) is 1. The largest absolute Gasteiger partial charge is 0.342 e. The Kier molecular flexibility index (Phi) is 2.52. The highest BCUT2D eigenvalue weighted by Crippen LogP contribution is 2.39. The molecule has 1 aromatic heterocycles. The van der Waals surface area contributed by atoms with E-state index in [1.165, 1.54) is 18.5 Å². The number of H-pyrrole nitrogens is 1. The number of rotatable bonds is 2. The first-order valence-corrected chi connectivity index (χ1v) is 6.41. The summed E-state index contributed by atoms with van der Waals surface area (Å²) >= 11 is 9.44. The molecule has 1 N–H and O–H groups in total. The molecule has 0 saturated heterocycles. The summed E-state index contributed by atoms with van der Waals surface area (Å²) in [7, 11) is 0. The number of aromatic nitrogens is 2. The Balaban J connectivity index is 2.00. The molecule has 82 valence electrons. The first-order valence-electron chi connectivity index (χ1n) is 5.24. The molecule has 1 aromatic carbocycles. The standard InChI is InChI=1S/C12H10BrClN2/c13-9-3-8(4-10(14)5-9)12-15-6-11(16-12)7-1-2-7/h3-7H,1-2H2,(H,15,16). The van der Waals surface area contributed by atoms with Crippen LogP contribution in [0.4, 0.5) is 0 Å². The summed E-state index contributed by atoms with van der Waals surface area (Å²) in [5.74, 6) is 1.59. The van der Waals surface area contributed by atoms with E-state index >= 15 is 0 Å². The third kappa shape index (κ3) is 2.02. The number of imidazole rings is 1. The summed E-state index contributed by atoms with van der Waals surface area (Å²) in [6.07, 6.45) is 4.49. The van der Waals surface area contributed by atoms with Crippen molar-refractivity contribution in [2.24, 2.45) is 0 Å². The van der Waals surface area contributed by atoms with E-state index in [4.69, 9.17) is 11.6 Å². The van der Waals surface area contributed by atoms with Crippen molar-refractivity contribution in [3.8, 4) is 11.4 Å². The maximum absolute atomic E-state index is 6.01. The topological polar surface area (TPSA) is 28.7 Å². The lowest BCUT2D eigenvalue weighted by atomic mass is 10.2. The van der Waals surface area contributed by atoms with Gasteiger partial charge in [0.1, 0.15) is 5.82 Å². The summed E-state index contributed by atoms with van der Waals surface area (Å²) in [6.45, 7) is 0. The van der Waals surface area contributed by atoms with Crippen LogP contribution < -0.4 is 0 Å². The second-order valence-electron chi connectivity index (χ2n) is 4.12. The van der Waals surface area contributed by atoms with E-state index in [2.05, 4.69) is 25.9 Å². The normalized spacial score (nSPS) is 15.4. The third-order valence-electron chi connectivity index (χ3n) is 2.75. The van der Waals surface area contributed by atoms with Crippen LogP contribution >= 0.6 is 27.5 Å². The van der Waals surface area contributed by atoms with Gasteiger partial charge in [-0.25, -0.2) is 4.98 Å². The molecular weight excluding hydrogens is 288 g/mol. The molecule has 0 unspecified atom stereocenters. The fourth-order valence-corrected chi connectivity index (χ4v) is 2.63. The first-order chi connectivity index (χ1) is 7.72. The Labute approximate surface area is 107 Å². The van der Waals surface area contributed by atoms with Crippen molar-refractivity contribution in [1.82, 2.24) is 9.97 Å². The van der Waals surface area contributed by atoms with Crippen molar-refractivity contribution < 1.29 is 0 Å². The highest BCUT2D eigenvalue weighted by Gasteiger charge is 2.25. The number of halogens is 2. The van der Waals surface area contributed by atoms with Crippen LogP contribution in [0.5, 0.6) is 0 Å². The number of hydrogen-bond acceptors (Lipinski definition) is 1. The Morgan fingerprint density at radius 1 is 1.31 bits per heavy atom. The highest BCUT2D eigenvalue weighted by atomic mass is 79.9. The summed E-state index contributed by atoms with van der Waals surface area (Å²) < 4.78 is 0.972. The van der Waals surface area contributed by atoms with Gasteiger partial charge in [-0.1, -0.05) is 27.5 Å². The van der Waals surface area contributed by atoms with Gasteiger partial charge >= 0.3 is 0 Å². The van der Waals surface area contributed by atoms with Crippen molar-refractivity contribution in [2.75, 3.05) is 0 Å². The maximum Gasteiger partial charge on any atom is 0.137 e. The lowest BCUT2D eigenvalue weighted by molar-refractivity contribution is 1.05. The smallest absolute Gasteiger partial charge is 0.137 e. The number of benzene rings is 1. The van der Waals surface area contributed by atoms with Crippen molar-refractivity contribution in [2.45, 2.75) is 18.8 Å². The number of nitrogens with zero attached hydrogens (tertiary/aromatic N) is 1. The lowest BCUT2D eigenvalue weighted by Gasteiger charge is -1.99. The van der Waals surface area contributed by atoms with Gasteiger partial charge in [-0.3, -0.25) is 0 Å². The van der Waals surface area contributed by atoms with Gasteiger partial charge in [-0.05, 0) is 31.0 Å². The Hall–Kier alpha value is -0.800. The number of hydrogen-bond donors (Lipinski definition) is 1. The summed E-state index contributed by atoms with van der Waals surface area (Å²) in [5, 5.41) is 0.716. The minimum atomic E-state index is 0.698. The van der Waals surface area contributed by atoms with Crippen LogP contribution in [-0.2, 0) is 0 Å². The molecule has 2 nitrogen and oxygen atoms in total. The SMILES string of the molecule is Clc1cc(Br)cc(-c2ncc(C3CC3)[nH]2)c1. The minimum Gasteiger partial charge on any atom is -0.342 e. The van der Waals surface area contributed by atoms with E-state index in [0.717, 1.165) is 15.9 Å². The summed E-state index contributed by atoms with van der Waals surface area (Å²) in [5.41, 5.74) is 2.26. The van der Waals surface area contributed by atoms with Crippen molar-refractivity contribution in [3.05, 3.63) is 39.6 Å². The Bertz CT molecular complexity index is 511. The van der Waals surface area contributed by atoms with Gasteiger partial charge in [0, 0.05) is 32.9 Å². The molecule has 0 radical (unpaired) electrons. The van der Waals surface area contributed by atoms with Gasteiger partial charge in [0.2, 0.25) is 0 Å². The van der Waals surface area contributed by atoms with E-state index in [0.29, 0.717) is 10.9 Å². The predicted molar refractivity (Wildman–Crippen MR) is 68.7 cm³/mol. The van der Waals surface area contributed by atoms with Crippen LogP contribution in [0.1, 0.15) is 24.5 Å². The Morgan fingerprint density at radius 2 is 2.12 bits per heavy atom. The fraction of sp³-hybridized carbons (Fsp3) is 0.250. The number of aromatic amines is 1. The molecule has 2 aromatic rings. The molecule has 0 bridgehead atoms. The third-order valence-corrected chi connectivity index (χ3v) is 3.42. The summed E-state index contributed by atoms with van der Waals surface area (Å²) in [4.78, 5) is 7.75. The highest BCUT2D eigenvalue weighted by molar-refractivity contribution is 9.10. The molecule has 1 aliphatic carbocycles. The zero-order valence-electron chi connectivity index (χ0n) is 8.50. The second kappa shape index (κ2) is 3.90. The van der Waals surface area contributed by atoms with E-state index < -0.39 is 0 Å². The average molecular weight is 298 g/mol. The lowest BCUT2D eigenvalue weighted by Crippen LogP contribution is -1.82. The van der Waals surface area contributed by atoms with Crippen LogP contribution in [-0.4, -0.2) is 9.97 Å². The van der Waals surface area contributed by atoms with Crippen LogP contribution in [0.15, 0.2) is 28.9 Å². The molecule has 0 spiro atoms. The molecule has 1 saturated carbocycles. The minimum absolute atomic E-state index is 0.698. The quantitative estimate of drug-likeness (QED) is 0.876. The second-order valence-corrected chi connectivity index (χ2v) is 5.47. The molecule has 4 heteroatoms. The van der Waals surface area contributed by atoms with Gasteiger partial charge < -0.3 is 4.98 Å². The van der Waals surface area contributed by atoms with E-state index in [1.807, 2.05) is 24.4 Å². The summed E-state index contributed by atoms with van der Waals surface area (Å²) in [6, 6.07) is 5.80. The molecule has 1 fully saturated rings. The van der Waals surface area contributed by atoms with Gasteiger partial charge in [0.15, 0.2) is 0 Å². The van der Waals surface area contributed by atoms with Gasteiger partial charge in [-0.15, -0.1) is 0 Å². The van der Waals surface area contributed by atoms with Crippen LogP contribution in [0.3, 0.4) is 0 Å². The van der Waals surface area contributed by atoms with E-state index in [9.17, 15) is 0 Å². The maximum atomic E-state index is 6.01. The molecule has 3 rings (SSSR count). The van der Waals surface area contributed by atoms with Crippen molar-refractivity contribution in [1.29, 1.82) is 0 Å². The van der Waals surface area contributed by atoms with E-state index in [-0.39, 0.29) is 0 Å². The Morgan fingerprint density at radius 3 is 2.81 bits per heavy atom. The molecule has 0 aliphatic heterocycles. The van der Waals surface area contributed by atoms with Crippen molar-refractivity contribution in [3.63, 3.8) is 0 Å². The van der Waals surface area contributed by atoms with Crippen molar-refractivity contribution >= 4 is 27.5 Å². The van der Waals surface area contributed by atoms with Gasteiger partial charge in [-0.2, -0.15) is 0 Å². The van der Waals surface area contributed by atoms with E-state index in [1.54, 1.807) is 0 Å².